The van der Waals surface area contributed by atoms with Gasteiger partial charge in [-0.1, -0.05) is 41.1 Å². The van der Waals surface area contributed by atoms with Gasteiger partial charge in [0.1, 0.15) is 5.75 Å². The molecule has 0 fully saturated rings. The van der Waals surface area contributed by atoms with E-state index < -0.39 is 0 Å². The Morgan fingerprint density at radius 3 is 2.83 bits per heavy atom. The first-order chi connectivity index (χ1) is 14.6. The minimum Gasteiger partial charge on any atom is -0.493 e. The predicted molar refractivity (Wildman–Crippen MR) is 121 cm³/mol. The number of halogens is 1. The van der Waals surface area contributed by atoms with Crippen molar-refractivity contribution in [1.29, 1.82) is 0 Å². The number of thioether (sulfide) groups is 1. The Morgan fingerprint density at radius 2 is 2.00 bits per heavy atom. The molecule has 2 aliphatic heterocycles. The Balaban J connectivity index is 1.36. The number of thiazole rings is 1. The highest BCUT2D eigenvalue weighted by Crippen LogP contribution is 2.50. The van der Waals surface area contributed by atoms with Gasteiger partial charge in [-0.25, -0.2) is 0 Å². The minimum atomic E-state index is -0.126. The molecule has 0 radical (unpaired) electrons. The molecule has 0 saturated heterocycles. The van der Waals surface area contributed by atoms with Crippen molar-refractivity contribution in [2.24, 2.45) is 5.92 Å². The normalized spacial score (nSPS) is 19.2. The lowest BCUT2D eigenvalue weighted by molar-refractivity contribution is -0.116. The topological polar surface area (TPSA) is 60.3 Å². The fraction of sp³-hybridized carbons (Fsp3) is 0.273. The monoisotopic (exact) mass is 458 g/mol. The highest BCUT2D eigenvalue weighted by atomic mass is 35.5. The third-order valence-electron chi connectivity index (χ3n) is 5.46. The van der Waals surface area contributed by atoms with Gasteiger partial charge in [-0.05, 0) is 30.3 Å². The zero-order chi connectivity index (χ0) is 20.7. The van der Waals surface area contributed by atoms with Crippen LogP contribution in [0.5, 0.6) is 5.75 Å². The number of benzene rings is 2. The third-order valence-corrected chi connectivity index (χ3v) is 8.21. The lowest BCUT2D eigenvalue weighted by Crippen LogP contribution is -2.31. The Morgan fingerprint density at radius 1 is 1.20 bits per heavy atom. The number of nitrogens with zero attached hydrogens (tertiary/aromatic N) is 1. The van der Waals surface area contributed by atoms with Crippen LogP contribution in [-0.4, -0.2) is 22.8 Å². The Labute approximate surface area is 187 Å². The van der Waals surface area contributed by atoms with Crippen LogP contribution in [-0.2, 0) is 11.3 Å². The van der Waals surface area contributed by atoms with Gasteiger partial charge in [0.25, 0.3) is 0 Å². The van der Waals surface area contributed by atoms with Crippen LogP contribution in [0.3, 0.4) is 0 Å². The quantitative estimate of drug-likeness (QED) is 0.607. The summed E-state index contributed by atoms with van der Waals surface area (Å²) in [5.74, 6) is 2.23. The molecule has 1 amide bonds. The molecule has 0 saturated carbocycles. The van der Waals surface area contributed by atoms with Crippen LogP contribution in [0.1, 0.15) is 22.8 Å². The van der Waals surface area contributed by atoms with E-state index in [0.717, 1.165) is 27.0 Å². The van der Waals surface area contributed by atoms with Gasteiger partial charge in [-0.15, -0.1) is 11.8 Å². The Bertz CT molecular complexity index is 1160. The average Bonchev–Trinajstić information content (AvgIpc) is 3.08. The molecule has 2 aromatic carbocycles. The molecular formula is C22H19ClN2O3S2. The second-order valence-electron chi connectivity index (χ2n) is 7.39. The molecule has 154 valence electrons. The van der Waals surface area contributed by atoms with Crippen molar-refractivity contribution < 1.29 is 9.53 Å². The fourth-order valence-corrected chi connectivity index (χ4v) is 6.89. The minimum absolute atomic E-state index is 0.00332. The number of amides is 1. The number of carbonyl (C=O) groups is 1. The van der Waals surface area contributed by atoms with Crippen molar-refractivity contribution in [2.75, 3.05) is 17.7 Å². The maximum Gasteiger partial charge on any atom is 0.308 e. The molecule has 3 aromatic rings. The number of rotatable bonds is 4. The third kappa shape index (κ3) is 3.66. The summed E-state index contributed by atoms with van der Waals surface area (Å²) >= 11 is 8.89. The van der Waals surface area contributed by atoms with E-state index in [2.05, 4.69) is 11.4 Å². The fourth-order valence-electron chi connectivity index (χ4n) is 4.02. The molecule has 1 aromatic heterocycles. The Kier molecular flexibility index (Phi) is 5.35. The van der Waals surface area contributed by atoms with Crippen molar-refractivity contribution in [2.45, 2.75) is 23.9 Å². The van der Waals surface area contributed by atoms with Gasteiger partial charge in [0.15, 0.2) is 0 Å². The number of nitrogens with one attached hydrogen (secondary N) is 1. The van der Waals surface area contributed by atoms with Crippen LogP contribution >= 0.6 is 34.7 Å². The number of fused-ring (bicyclic) bond motifs is 5. The molecule has 5 nitrogen and oxygen atoms in total. The Hall–Kier alpha value is -2.22. The van der Waals surface area contributed by atoms with E-state index in [4.69, 9.17) is 16.3 Å². The summed E-state index contributed by atoms with van der Waals surface area (Å²) in [4.78, 5) is 26.3. The number of anilines is 1. The number of hydrogen-bond donors (Lipinski definition) is 1. The molecule has 8 heteroatoms. The van der Waals surface area contributed by atoms with Crippen molar-refractivity contribution >= 4 is 46.3 Å². The molecule has 5 rings (SSSR count). The molecule has 2 atom stereocenters. The number of hydrogen-bond acceptors (Lipinski definition) is 5. The molecule has 0 aliphatic carbocycles. The van der Waals surface area contributed by atoms with E-state index >= 15 is 0 Å². The highest BCUT2D eigenvalue weighted by molar-refractivity contribution is 7.99. The van der Waals surface area contributed by atoms with Crippen molar-refractivity contribution in [1.82, 2.24) is 4.57 Å². The molecule has 2 aliphatic rings. The summed E-state index contributed by atoms with van der Waals surface area (Å²) in [6.45, 7) is 1.04. The number of ether oxygens (including phenoxy) is 1. The average molecular weight is 459 g/mol. The van der Waals surface area contributed by atoms with Crippen LogP contribution < -0.4 is 14.9 Å². The van der Waals surface area contributed by atoms with E-state index in [-0.39, 0.29) is 23.1 Å². The summed E-state index contributed by atoms with van der Waals surface area (Å²) in [6.07, 6.45) is 0.236. The number of aromatic nitrogens is 1. The van der Waals surface area contributed by atoms with Gasteiger partial charge in [-0.3, -0.25) is 14.2 Å². The van der Waals surface area contributed by atoms with Crippen LogP contribution in [0.15, 0.2) is 58.4 Å². The van der Waals surface area contributed by atoms with Crippen molar-refractivity contribution in [3.63, 3.8) is 0 Å². The van der Waals surface area contributed by atoms with Gasteiger partial charge in [-0.2, -0.15) is 0 Å². The first-order valence-electron chi connectivity index (χ1n) is 9.73. The van der Waals surface area contributed by atoms with E-state index in [1.165, 1.54) is 11.3 Å². The molecule has 3 heterocycles. The summed E-state index contributed by atoms with van der Waals surface area (Å²) in [5.41, 5.74) is 1.85. The summed E-state index contributed by atoms with van der Waals surface area (Å²) in [5, 5.41) is 4.48. The van der Waals surface area contributed by atoms with Gasteiger partial charge in [0, 0.05) is 51.7 Å². The zero-order valence-corrected chi connectivity index (χ0v) is 18.4. The maximum absolute atomic E-state index is 12.8. The standard InChI is InChI=1S/C22H19ClN2O3S2/c23-14-5-7-15(8-6-14)24-18(26)9-10-25-21-20(30-22(25)27)19-13(12-29-21)11-28-17-4-2-1-3-16(17)19/h1-8,13,19H,9-12H2,(H,24,26)/t13-,19-/m0/s1. The van der Waals surface area contributed by atoms with Gasteiger partial charge in [0.05, 0.1) is 11.6 Å². The lowest BCUT2D eigenvalue weighted by atomic mass is 9.84. The van der Waals surface area contributed by atoms with E-state index in [0.29, 0.717) is 29.8 Å². The van der Waals surface area contributed by atoms with Gasteiger partial charge < -0.3 is 10.1 Å². The molecular weight excluding hydrogens is 440 g/mol. The van der Waals surface area contributed by atoms with Crippen molar-refractivity contribution in [3.05, 3.63) is 73.7 Å². The second-order valence-corrected chi connectivity index (χ2v) is 9.83. The largest absolute Gasteiger partial charge is 0.493 e. The molecule has 0 spiro atoms. The first kappa shape index (κ1) is 19.7. The zero-order valence-electron chi connectivity index (χ0n) is 16.0. The summed E-state index contributed by atoms with van der Waals surface area (Å²) < 4.78 is 7.70. The summed E-state index contributed by atoms with van der Waals surface area (Å²) in [7, 11) is 0. The van der Waals surface area contributed by atoms with Gasteiger partial charge >= 0.3 is 4.87 Å². The van der Waals surface area contributed by atoms with E-state index in [9.17, 15) is 9.59 Å². The first-order valence-corrected chi connectivity index (χ1v) is 11.9. The number of carbonyl (C=O) groups excluding carboxylic acids is 1. The summed E-state index contributed by atoms with van der Waals surface area (Å²) in [6, 6.07) is 15.1. The van der Waals surface area contributed by atoms with E-state index in [1.54, 1.807) is 40.6 Å². The molecule has 0 unspecified atom stereocenters. The van der Waals surface area contributed by atoms with Gasteiger partial charge in [0.2, 0.25) is 5.91 Å². The lowest BCUT2D eigenvalue weighted by Gasteiger charge is -2.36. The predicted octanol–water partition coefficient (Wildman–Crippen LogP) is 4.84. The van der Waals surface area contributed by atoms with Crippen LogP contribution in [0.25, 0.3) is 0 Å². The van der Waals surface area contributed by atoms with Crippen molar-refractivity contribution in [3.8, 4) is 5.75 Å². The van der Waals surface area contributed by atoms with Crippen LogP contribution in [0, 0.1) is 5.92 Å². The SMILES string of the molecule is O=C(CCn1c2c(sc1=O)[C@@H]1c3ccccc3OC[C@H]1CS2)Nc1ccc(Cl)cc1. The molecule has 1 N–H and O–H groups in total. The maximum atomic E-state index is 12.8. The number of para-hydroxylation sites is 1. The van der Waals surface area contributed by atoms with Crippen LogP contribution in [0.2, 0.25) is 5.02 Å². The van der Waals surface area contributed by atoms with Crippen LogP contribution in [0.4, 0.5) is 5.69 Å². The van der Waals surface area contributed by atoms with E-state index in [1.807, 2.05) is 18.2 Å². The second kappa shape index (κ2) is 8.13. The molecule has 0 bridgehead atoms. The smallest absolute Gasteiger partial charge is 0.308 e. The highest BCUT2D eigenvalue weighted by Gasteiger charge is 2.39. The molecule has 30 heavy (non-hydrogen) atoms.